The topological polar surface area (TPSA) is 44.5 Å². The Kier molecular flexibility index (Phi) is 5.58. The van der Waals surface area contributed by atoms with Crippen LogP contribution in [-0.4, -0.2) is 31.5 Å². The highest BCUT2D eigenvalue weighted by molar-refractivity contribution is 4.80. The Morgan fingerprint density at radius 2 is 2.07 bits per heavy atom. The van der Waals surface area contributed by atoms with Crippen molar-refractivity contribution in [3.8, 4) is 0 Å². The molecular formula is C12H25NO2. The molecule has 1 unspecified atom stereocenters. The fourth-order valence-corrected chi connectivity index (χ4v) is 1.79. The highest BCUT2D eigenvalue weighted by atomic mass is 16.5. The minimum Gasteiger partial charge on any atom is -0.377 e. The number of hydrogen-bond donors (Lipinski definition) is 1. The lowest BCUT2D eigenvalue weighted by atomic mass is 9.96. The molecule has 1 fully saturated rings. The van der Waals surface area contributed by atoms with Gasteiger partial charge in [0.1, 0.15) is 0 Å². The lowest BCUT2D eigenvalue weighted by Crippen LogP contribution is -2.44. The minimum atomic E-state index is -0.144. The van der Waals surface area contributed by atoms with Gasteiger partial charge in [-0.2, -0.15) is 0 Å². The van der Waals surface area contributed by atoms with Crippen LogP contribution >= 0.6 is 0 Å². The molecule has 1 aliphatic rings. The van der Waals surface area contributed by atoms with Crippen molar-refractivity contribution in [3.63, 3.8) is 0 Å². The van der Waals surface area contributed by atoms with E-state index in [2.05, 4.69) is 13.8 Å². The standard InChI is InChI=1S/C12H25NO2/c1-3-12(13,4-2)10-14-9-11-7-5-6-8-15-11/h11H,3-10,13H2,1-2H3. The maximum atomic E-state index is 6.15. The zero-order chi connectivity index (χ0) is 11.1. The molecule has 3 heteroatoms. The Bertz CT molecular complexity index is 163. The van der Waals surface area contributed by atoms with Gasteiger partial charge in [-0.05, 0) is 32.1 Å². The summed E-state index contributed by atoms with van der Waals surface area (Å²) >= 11 is 0. The number of hydrogen-bond acceptors (Lipinski definition) is 3. The average molecular weight is 215 g/mol. The third-order valence-corrected chi connectivity index (χ3v) is 3.38. The molecule has 0 saturated carbocycles. The molecule has 15 heavy (non-hydrogen) atoms. The van der Waals surface area contributed by atoms with Crippen molar-refractivity contribution >= 4 is 0 Å². The molecule has 0 aliphatic carbocycles. The minimum absolute atomic E-state index is 0.144. The van der Waals surface area contributed by atoms with Crippen LogP contribution in [0.5, 0.6) is 0 Å². The van der Waals surface area contributed by atoms with Crippen molar-refractivity contribution in [3.05, 3.63) is 0 Å². The van der Waals surface area contributed by atoms with Crippen molar-refractivity contribution < 1.29 is 9.47 Å². The van der Waals surface area contributed by atoms with Gasteiger partial charge in [0.15, 0.2) is 0 Å². The van der Waals surface area contributed by atoms with Crippen LogP contribution in [-0.2, 0) is 9.47 Å². The molecule has 3 nitrogen and oxygen atoms in total. The molecule has 1 saturated heterocycles. The molecule has 90 valence electrons. The average Bonchev–Trinajstić information content (AvgIpc) is 2.30. The van der Waals surface area contributed by atoms with E-state index in [1.165, 1.54) is 12.8 Å². The quantitative estimate of drug-likeness (QED) is 0.738. The Morgan fingerprint density at radius 1 is 1.33 bits per heavy atom. The van der Waals surface area contributed by atoms with E-state index in [0.717, 1.165) is 25.9 Å². The predicted octanol–water partition coefficient (Wildman–Crippen LogP) is 2.09. The van der Waals surface area contributed by atoms with Crippen LogP contribution in [0.1, 0.15) is 46.0 Å². The van der Waals surface area contributed by atoms with Gasteiger partial charge in [0.2, 0.25) is 0 Å². The lowest BCUT2D eigenvalue weighted by molar-refractivity contribution is -0.0498. The maximum Gasteiger partial charge on any atom is 0.0808 e. The first kappa shape index (κ1) is 12.9. The molecule has 1 heterocycles. The third-order valence-electron chi connectivity index (χ3n) is 3.38. The summed E-state index contributed by atoms with van der Waals surface area (Å²) in [5.41, 5.74) is 6.00. The summed E-state index contributed by atoms with van der Waals surface area (Å²) in [7, 11) is 0. The SMILES string of the molecule is CCC(N)(CC)COCC1CCCCO1. The summed E-state index contributed by atoms with van der Waals surface area (Å²) in [4.78, 5) is 0. The van der Waals surface area contributed by atoms with Gasteiger partial charge in [-0.15, -0.1) is 0 Å². The van der Waals surface area contributed by atoms with E-state index in [0.29, 0.717) is 19.3 Å². The van der Waals surface area contributed by atoms with Crippen LogP contribution in [0.4, 0.5) is 0 Å². The van der Waals surface area contributed by atoms with Gasteiger partial charge in [0.25, 0.3) is 0 Å². The molecule has 1 rings (SSSR count). The van der Waals surface area contributed by atoms with E-state index in [-0.39, 0.29) is 5.54 Å². The first-order valence-corrected chi connectivity index (χ1v) is 6.18. The van der Waals surface area contributed by atoms with Gasteiger partial charge in [-0.3, -0.25) is 0 Å². The monoisotopic (exact) mass is 215 g/mol. The van der Waals surface area contributed by atoms with E-state index < -0.39 is 0 Å². The van der Waals surface area contributed by atoms with Gasteiger partial charge < -0.3 is 15.2 Å². The normalized spacial score (nSPS) is 23.0. The Labute approximate surface area is 93.3 Å². The number of nitrogens with two attached hydrogens (primary N) is 1. The van der Waals surface area contributed by atoms with Crippen LogP contribution in [0, 0.1) is 0 Å². The maximum absolute atomic E-state index is 6.15. The largest absolute Gasteiger partial charge is 0.377 e. The smallest absolute Gasteiger partial charge is 0.0808 e. The second-order valence-corrected chi connectivity index (χ2v) is 4.57. The van der Waals surface area contributed by atoms with Gasteiger partial charge in [0.05, 0.1) is 19.3 Å². The van der Waals surface area contributed by atoms with Crippen LogP contribution < -0.4 is 5.73 Å². The first-order chi connectivity index (χ1) is 7.20. The second-order valence-electron chi connectivity index (χ2n) is 4.57. The van der Waals surface area contributed by atoms with E-state index in [1.807, 2.05) is 0 Å². The summed E-state index contributed by atoms with van der Waals surface area (Å²) in [5, 5.41) is 0. The zero-order valence-corrected chi connectivity index (χ0v) is 10.1. The molecule has 0 aromatic carbocycles. The third kappa shape index (κ3) is 4.49. The van der Waals surface area contributed by atoms with Crippen molar-refractivity contribution in [1.82, 2.24) is 0 Å². The Hall–Kier alpha value is -0.120. The summed E-state index contributed by atoms with van der Waals surface area (Å²) < 4.78 is 11.3. The van der Waals surface area contributed by atoms with Crippen molar-refractivity contribution in [2.75, 3.05) is 19.8 Å². The molecule has 2 N–H and O–H groups in total. The van der Waals surface area contributed by atoms with Crippen LogP contribution in [0.15, 0.2) is 0 Å². The van der Waals surface area contributed by atoms with Gasteiger partial charge in [0, 0.05) is 12.1 Å². The molecular weight excluding hydrogens is 190 g/mol. The fraction of sp³-hybridized carbons (Fsp3) is 1.00. The highest BCUT2D eigenvalue weighted by Crippen LogP contribution is 2.15. The lowest BCUT2D eigenvalue weighted by Gasteiger charge is -2.28. The highest BCUT2D eigenvalue weighted by Gasteiger charge is 2.21. The Morgan fingerprint density at radius 3 is 2.60 bits per heavy atom. The summed E-state index contributed by atoms with van der Waals surface area (Å²) in [6.07, 6.45) is 5.83. The van der Waals surface area contributed by atoms with Crippen LogP contribution in [0.25, 0.3) is 0 Å². The molecule has 0 amide bonds. The summed E-state index contributed by atoms with van der Waals surface area (Å²) in [6.45, 7) is 6.48. The molecule has 1 aliphatic heterocycles. The van der Waals surface area contributed by atoms with E-state index in [9.17, 15) is 0 Å². The van der Waals surface area contributed by atoms with Crippen LogP contribution in [0.3, 0.4) is 0 Å². The summed E-state index contributed by atoms with van der Waals surface area (Å²) in [5.74, 6) is 0. The van der Waals surface area contributed by atoms with E-state index >= 15 is 0 Å². The number of rotatable bonds is 6. The molecule has 0 spiro atoms. The van der Waals surface area contributed by atoms with E-state index in [4.69, 9.17) is 15.2 Å². The second kappa shape index (κ2) is 6.46. The molecule has 0 aromatic heterocycles. The van der Waals surface area contributed by atoms with Gasteiger partial charge in [-0.25, -0.2) is 0 Å². The molecule has 0 radical (unpaired) electrons. The van der Waals surface area contributed by atoms with Crippen molar-refractivity contribution in [2.45, 2.75) is 57.6 Å². The van der Waals surface area contributed by atoms with Crippen LogP contribution in [0.2, 0.25) is 0 Å². The predicted molar refractivity (Wildman–Crippen MR) is 61.9 cm³/mol. The van der Waals surface area contributed by atoms with Crippen molar-refractivity contribution in [2.24, 2.45) is 5.73 Å². The Balaban J connectivity index is 2.14. The number of ether oxygens (including phenoxy) is 2. The molecule has 1 atom stereocenters. The zero-order valence-electron chi connectivity index (χ0n) is 10.1. The van der Waals surface area contributed by atoms with E-state index in [1.54, 1.807) is 0 Å². The van der Waals surface area contributed by atoms with Crippen molar-refractivity contribution in [1.29, 1.82) is 0 Å². The summed E-state index contributed by atoms with van der Waals surface area (Å²) in [6, 6.07) is 0. The molecule has 0 aromatic rings. The first-order valence-electron chi connectivity index (χ1n) is 6.18. The van der Waals surface area contributed by atoms with Gasteiger partial charge >= 0.3 is 0 Å². The van der Waals surface area contributed by atoms with Gasteiger partial charge in [-0.1, -0.05) is 13.8 Å². The fourth-order valence-electron chi connectivity index (χ4n) is 1.79. The molecule has 0 bridgehead atoms.